The first kappa shape index (κ1) is 17.5. The molecule has 1 aliphatic rings. The number of aliphatic imine (C=N–C) groups is 1. The number of aromatic nitrogens is 3. The van der Waals surface area contributed by atoms with Crippen molar-refractivity contribution in [1.29, 1.82) is 0 Å². The first-order valence-electron chi connectivity index (χ1n) is 8.90. The minimum Gasteiger partial charge on any atom is -0.461 e. The van der Waals surface area contributed by atoms with E-state index in [1.165, 1.54) is 0 Å². The number of furan rings is 1. The molecule has 0 aromatic carbocycles. The molecule has 136 valence electrons. The number of H-pyrrole nitrogens is 1. The third kappa shape index (κ3) is 4.60. The van der Waals surface area contributed by atoms with E-state index < -0.39 is 0 Å². The second-order valence-electron chi connectivity index (χ2n) is 5.89. The Hall–Kier alpha value is -2.35. The molecule has 8 nitrogen and oxygen atoms in total. The molecule has 0 amide bonds. The number of hydrogen-bond donors (Lipinski definition) is 2. The SMILES string of the molecule is CCNC(=NCc1nc(-c2ccco2)n[nH]1)N1CCC(OCC)CC1. The Labute approximate surface area is 147 Å². The van der Waals surface area contributed by atoms with E-state index in [1.54, 1.807) is 6.26 Å². The summed E-state index contributed by atoms with van der Waals surface area (Å²) in [6.45, 7) is 8.08. The number of likely N-dealkylation sites (tertiary alicyclic amines) is 1. The van der Waals surface area contributed by atoms with Crippen LogP contribution in [-0.2, 0) is 11.3 Å². The van der Waals surface area contributed by atoms with Crippen molar-refractivity contribution in [3.63, 3.8) is 0 Å². The van der Waals surface area contributed by atoms with E-state index in [9.17, 15) is 0 Å². The van der Waals surface area contributed by atoms with Crippen molar-refractivity contribution in [1.82, 2.24) is 25.4 Å². The molecule has 3 rings (SSSR count). The molecule has 8 heteroatoms. The van der Waals surface area contributed by atoms with Gasteiger partial charge >= 0.3 is 0 Å². The maximum Gasteiger partial charge on any atom is 0.216 e. The predicted octanol–water partition coefficient (Wildman–Crippen LogP) is 2.03. The van der Waals surface area contributed by atoms with Crippen LogP contribution in [0.15, 0.2) is 27.8 Å². The van der Waals surface area contributed by atoms with Gasteiger partial charge in [-0.15, -0.1) is 5.10 Å². The zero-order valence-corrected chi connectivity index (χ0v) is 14.9. The van der Waals surface area contributed by atoms with Gasteiger partial charge in [-0.25, -0.2) is 9.98 Å². The Balaban J connectivity index is 1.61. The number of ether oxygens (including phenoxy) is 1. The molecule has 0 spiro atoms. The summed E-state index contributed by atoms with van der Waals surface area (Å²) in [6.07, 6.45) is 4.04. The van der Waals surface area contributed by atoms with Crippen LogP contribution in [0.25, 0.3) is 11.6 Å². The van der Waals surface area contributed by atoms with Gasteiger partial charge in [0.05, 0.1) is 12.4 Å². The Morgan fingerprint density at radius 1 is 1.44 bits per heavy atom. The van der Waals surface area contributed by atoms with Crippen molar-refractivity contribution < 1.29 is 9.15 Å². The summed E-state index contributed by atoms with van der Waals surface area (Å²) >= 11 is 0. The molecule has 25 heavy (non-hydrogen) atoms. The van der Waals surface area contributed by atoms with Crippen LogP contribution < -0.4 is 5.32 Å². The molecule has 0 radical (unpaired) electrons. The highest BCUT2D eigenvalue weighted by Gasteiger charge is 2.21. The van der Waals surface area contributed by atoms with Crippen molar-refractivity contribution in [2.45, 2.75) is 39.3 Å². The van der Waals surface area contributed by atoms with Gasteiger partial charge in [-0.2, -0.15) is 0 Å². The van der Waals surface area contributed by atoms with Gasteiger partial charge in [-0.3, -0.25) is 5.10 Å². The largest absolute Gasteiger partial charge is 0.461 e. The van der Waals surface area contributed by atoms with Gasteiger partial charge in [-0.1, -0.05) is 0 Å². The summed E-state index contributed by atoms with van der Waals surface area (Å²) < 4.78 is 11.0. The monoisotopic (exact) mass is 346 g/mol. The smallest absolute Gasteiger partial charge is 0.216 e. The zero-order valence-electron chi connectivity index (χ0n) is 14.9. The molecule has 0 bridgehead atoms. The van der Waals surface area contributed by atoms with E-state index in [2.05, 4.69) is 32.3 Å². The molecule has 2 N–H and O–H groups in total. The average Bonchev–Trinajstić information content (AvgIpc) is 3.31. The van der Waals surface area contributed by atoms with Gasteiger partial charge in [0.1, 0.15) is 12.4 Å². The first-order valence-corrected chi connectivity index (χ1v) is 8.90. The number of nitrogens with zero attached hydrogens (tertiary/aromatic N) is 4. The van der Waals surface area contributed by atoms with Crippen LogP contribution in [0.2, 0.25) is 0 Å². The average molecular weight is 346 g/mol. The van der Waals surface area contributed by atoms with Crippen LogP contribution in [0.4, 0.5) is 0 Å². The van der Waals surface area contributed by atoms with Crippen LogP contribution in [0.3, 0.4) is 0 Å². The minimum atomic E-state index is 0.370. The van der Waals surface area contributed by atoms with Crippen molar-refractivity contribution in [2.75, 3.05) is 26.2 Å². The highest BCUT2D eigenvalue weighted by Crippen LogP contribution is 2.16. The van der Waals surface area contributed by atoms with E-state index in [0.717, 1.165) is 45.0 Å². The summed E-state index contributed by atoms with van der Waals surface area (Å²) in [5.74, 6) is 2.83. The van der Waals surface area contributed by atoms with Gasteiger partial charge in [0.15, 0.2) is 11.7 Å². The molecule has 1 fully saturated rings. The standard InChI is InChI=1S/C17H26N6O2/c1-3-18-17(23-9-7-13(8-10-23)24-4-2)19-12-15-20-16(22-21-15)14-6-5-11-25-14/h5-6,11,13H,3-4,7-10,12H2,1-2H3,(H,18,19)(H,20,21,22). The van der Waals surface area contributed by atoms with Gasteiger partial charge in [0.2, 0.25) is 5.82 Å². The predicted molar refractivity (Wildman–Crippen MR) is 95.1 cm³/mol. The van der Waals surface area contributed by atoms with E-state index in [1.807, 2.05) is 19.1 Å². The first-order chi connectivity index (χ1) is 12.3. The van der Waals surface area contributed by atoms with E-state index in [-0.39, 0.29) is 0 Å². The van der Waals surface area contributed by atoms with Crippen LogP contribution in [0, 0.1) is 0 Å². The fourth-order valence-electron chi connectivity index (χ4n) is 2.93. The number of rotatable bonds is 6. The van der Waals surface area contributed by atoms with E-state index in [0.29, 0.717) is 30.1 Å². The molecule has 3 heterocycles. The molecule has 0 saturated carbocycles. The Morgan fingerprint density at radius 2 is 2.28 bits per heavy atom. The van der Waals surface area contributed by atoms with Crippen molar-refractivity contribution in [2.24, 2.45) is 4.99 Å². The lowest BCUT2D eigenvalue weighted by Crippen LogP contribution is -2.47. The normalized spacial score (nSPS) is 16.4. The van der Waals surface area contributed by atoms with Crippen molar-refractivity contribution >= 4 is 5.96 Å². The molecule has 2 aromatic rings. The number of piperidine rings is 1. The van der Waals surface area contributed by atoms with Crippen LogP contribution in [0.5, 0.6) is 0 Å². The fraction of sp³-hybridized carbons (Fsp3) is 0.588. The molecular formula is C17H26N6O2. The Bertz CT molecular complexity index is 658. The quantitative estimate of drug-likeness (QED) is 0.614. The molecule has 1 aliphatic heterocycles. The third-order valence-corrected chi connectivity index (χ3v) is 4.13. The number of guanidine groups is 1. The Kier molecular flexibility index (Phi) is 6.05. The molecule has 0 atom stereocenters. The number of hydrogen-bond acceptors (Lipinski definition) is 5. The zero-order chi connectivity index (χ0) is 17.5. The second-order valence-corrected chi connectivity index (χ2v) is 5.89. The Morgan fingerprint density at radius 3 is 2.96 bits per heavy atom. The second kappa shape index (κ2) is 8.66. The topological polar surface area (TPSA) is 91.6 Å². The van der Waals surface area contributed by atoms with Crippen LogP contribution in [0.1, 0.15) is 32.5 Å². The highest BCUT2D eigenvalue weighted by molar-refractivity contribution is 5.80. The lowest BCUT2D eigenvalue weighted by molar-refractivity contribution is 0.0263. The lowest BCUT2D eigenvalue weighted by Gasteiger charge is -2.34. The van der Waals surface area contributed by atoms with Crippen molar-refractivity contribution in [3.8, 4) is 11.6 Å². The van der Waals surface area contributed by atoms with E-state index in [4.69, 9.17) is 14.1 Å². The molecule has 1 saturated heterocycles. The molecule has 2 aromatic heterocycles. The minimum absolute atomic E-state index is 0.370. The maximum absolute atomic E-state index is 5.72. The summed E-state index contributed by atoms with van der Waals surface area (Å²) in [5.41, 5.74) is 0. The van der Waals surface area contributed by atoms with Gasteiger partial charge in [-0.05, 0) is 38.8 Å². The molecule has 0 aliphatic carbocycles. The lowest BCUT2D eigenvalue weighted by atomic mass is 10.1. The summed E-state index contributed by atoms with van der Waals surface area (Å²) in [7, 11) is 0. The van der Waals surface area contributed by atoms with Crippen molar-refractivity contribution in [3.05, 3.63) is 24.2 Å². The molecular weight excluding hydrogens is 320 g/mol. The van der Waals surface area contributed by atoms with Gasteiger partial charge < -0.3 is 19.4 Å². The number of nitrogens with one attached hydrogen (secondary N) is 2. The van der Waals surface area contributed by atoms with Gasteiger partial charge in [0.25, 0.3) is 0 Å². The van der Waals surface area contributed by atoms with Crippen LogP contribution >= 0.6 is 0 Å². The maximum atomic E-state index is 5.72. The van der Waals surface area contributed by atoms with Crippen LogP contribution in [-0.4, -0.2) is 58.4 Å². The summed E-state index contributed by atoms with van der Waals surface area (Å²) in [4.78, 5) is 11.4. The number of aromatic amines is 1. The van der Waals surface area contributed by atoms with Gasteiger partial charge in [0, 0.05) is 26.2 Å². The summed E-state index contributed by atoms with van der Waals surface area (Å²) in [5, 5.41) is 10.5. The molecule has 0 unspecified atom stereocenters. The third-order valence-electron chi connectivity index (χ3n) is 4.13. The fourth-order valence-corrected chi connectivity index (χ4v) is 2.93. The summed E-state index contributed by atoms with van der Waals surface area (Å²) in [6, 6.07) is 3.65. The van der Waals surface area contributed by atoms with E-state index >= 15 is 0 Å². The highest BCUT2D eigenvalue weighted by atomic mass is 16.5.